The van der Waals surface area contributed by atoms with Gasteiger partial charge in [0.15, 0.2) is 0 Å². The minimum atomic E-state index is -0.109. The predicted molar refractivity (Wildman–Crippen MR) is 184 cm³/mol. The Kier molecular flexibility index (Phi) is 9.00. The summed E-state index contributed by atoms with van der Waals surface area (Å²) >= 11 is 0. The molecule has 45 heavy (non-hydrogen) atoms. The average Bonchev–Trinajstić information content (AvgIpc) is 3.04. The van der Waals surface area contributed by atoms with Gasteiger partial charge in [0.05, 0.1) is 5.52 Å². The Balaban J connectivity index is 0.000000202. The van der Waals surface area contributed by atoms with Gasteiger partial charge in [0.2, 0.25) is 0 Å². The summed E-state index contributed by atoms with van der Waals surface area (Å²) in [4.78, 5) is 9.33. The van der Waals surface area contributed by atoms with Crippen LogP contribution in [0.4, 0.5) is 0 Å². The van der Waals surface area contributed by atoms with Gasteiger partial charge in [-0.25, -0.2) is 0 Å². The molecule has 1 aliphatic rings. The number of benzene rings is 4. The summed E-state index contributed by atoms with van der Waals surface area (Å²) in [7, 11) is 0. The van der Waals surface area contributed by atoms with E-state index in [1.54, 1.807) is 0 Å². The van der Waals surface area contributed by atoms with Gasteiger partial charge < -0.3 is 4.98 Å². The number of aromatic nitrogens is 2. The SMILES string of the molecule is CC(C)(C)c1cc[c-]c(-c2ccccn2)c1.CC1(C)c2ccccc2C(C)(C)c2c(-c3ccc4ccccc4n3)[c-]ccc21.[Ir]. The first-order chi connectivity index (χ1) is 21.0. The molecule has 4 aromatic carbocycles. The molecule has 2 heterocycles. The fraction of sp³-hybridized carbons (Fsp3) is 0.238. The molecule has 0 aliphatic heterocycles. The van der Waals surface area contributed by atoms with Crippen LogP contribution in [-0.4, -0.2) is 9.97 Å². The van der Waals surface area contributed by atoms with Gasteiger partial charge in [0.25, 0.3) is 0 Å². The van der Waals surface area contributed by atoms with E-state index in [9.17, 15) is 0 Å². The van der Waals surface area contributed by atoms with Gasteiger partial charge in [-0.15, -0.1) is 70.3 Å². The number of hydrogen-bond donors (Lipinski definition) is 0. The van der Waals surface area contributed by atoms with Crippen molar-refractivity contribution in [3.05, 3.63) is 155 Å². The molecule has 0 N–H and O–H groups in total. The van der Waals surface area contributed by atoms with Gasteiger partial charge in [0.1, 0.15) is 0 Å². The molecule has 6 aromatic rings. The third-order valence-corrected chi connectivity index (χ3v) is 9.03. The van der Waals surface area contributed by atoms with E-state index in [1.165, 1.54) is 33.2 Å². The Morgan fingerprint density at radius 1 is 0.622 bits per heavy atom. The number of para-hydroxylation sites is 1. The molecular weight excluding hydrogens is 725 g/mol. The molecular formula is C42H40IrN2-2. The van der Waals surface area contributed by atoms with E-state index in [2.05, 4.69) is 144 Å². The summed E-state index contributed by atoms with van der Waals surface area (Å²) in [6.45, 7) is 16.0. The van der Waals surface area contributed by atoms with Crippen LogP contribution in [0.5, 0.6) is 0 Å². The summed E-state index contributed by atoms with van der Waals surface area (Å²) in [6, 6.07) is 44.8. The Hall–Kier alpha value is -3.91. The zero-order valence-electron chi connectivity index (χ0n) is 27.2. The third-order valence-electron chi connectivity index (χ3n) is 9.03. The first-order valence-corrected chi connectivity index (χ1v) is 15.4. The van der Waals surface area contributed by atoms with E-state index < -0.39 is 0 Å². The molecule has 0 amide bonds. The van der Waals surface area contributed by atoms with Gasteiger partial charge in [-0.05, 0) is 56.3 Å². The third kappa shape index (κ3) is 6.17. The second-order valence-electron chi connectivity index (χ2n) is 13.8. The van der Waals surface area contributed by atoms with Crippen molar-refractivity contribution in [2.75, 3.05) is 0 Å². The van der Waals surface area contributed by atoms with Gasteiger partial charge in [0, 0.05) is 26.3 Å². The maximum absolute atomic E-state index is 4.99. The fourth-order valence-corrected chi connectivity index (χ4v) is 6.53. The number of rotatable bonds is 2. The van der Waals surface area contributed by atoms with Crippen LogP contribution in [-0.2, 0) is 36.4 Å². The molecule has 0 saturated carbocycles. The smallest absolute Gasteiger partial charge is 0.0595 e. The number of fused-ring (bicyclic) bond motifs is 3. The van der Waals surface area contributed by atoms with Gasteiger partial charge in [-0.3, -0.25) is 4.98 Å². The molecule has 229 valence electrons. The molecule has 0 saturated heterocycles. The Morgan fingerprint density at radius 2 is 1.29 bits per heavy atom. The standard InChI is InChI=1S/C27H24N.C15H16N.Ir/c1-26(2)20-12-6-7-13-21(20)27(3,4)25-19(11-9-14-22(25)26)24-17-16-18-10-5-8-15-23(18)28-24;1-15(2,3)13-8-6-7-12(11-13)14-9-4-5-10-16-14;/h5-10,12-17H,1-4H3;4-6,8-11H,1-3H3;/q2*-1;. The zero-order chi connectivity index (χ0) is 31.1. The van der Waals surface area contributed by atoms with Crippen LogP contribution >= 0.6 is 0 Å². The second kappa shape index (κ2) is 12.5. The molecule has 2 aromatic heterocycles. The maximum Gasteiger partial charge on any atom is 0.0595 e. The number of nitrogens with zero attached hydrogens (tertiary/aromatic N) is 2. The molecule has 1 radical (unpaired) electrons. The van der Waals surface area contributed by atoms with Gasteiger partial charge in [-0.2, -0.15) is 0 Å². The summed E-state index contributed by atoms with van der Waals surface area (Å²) in [6.07, 6.45) is 1.81. The van der Waals surface area contributed by atoms with E-state index >= 15 is 0 Å². The summed E-state index contributed by atoms with van der Waals surface area (Å²) in [5.41, 5.74) is 12.0. The van der Waals surface area contributed by atoms with Gasteiger partial charge >= 0.3 is 0 Å². The molecule has 0 unspecified atom stereocenters. The van der Waals surface area contributed by atoms with Crippen molar-refractivity contribution in [1.82, 2.24) is 9.97 Å². The van der Waals surface area contributed by atoms with E-state index in [0.717, 1.165) is 28.0 Å². The van der Waals surface area contributed by atoms with Crippen molar-refractivity contribution in [3.63, 3.8) is 0 Å². The Labute approximate surface area is 282 Å². The van der Waals surface area contributed by atoms with Crippen LogP contribution in [0.2, 0.25) is 0 Å². The summed E-state index contributed by atoms with van der Waals surface area (Å²) in [5, 5.41) is 1.17. The van der Waals surface area contributed by atoms with Crippen LogP contribution in [0, 0.1) is 12.1 Å². The van der Waals surface area contributed by atoms with Crippen LogP contribution < -0.4 is 0 Å². The normalized spacial score (nSPS) is 14.3. The predicted octanol–water partition coefficient (Wildman–Crippen LogP) is 10.5. The van der Waals surface area contributed by atoms with Crippen molar-refractivity contribution in [1.29, 1.82) is 0 Å². The van der Waals surface area contributed by atoms with Crippen molar-refractivity contribution in [2.45, 2.75) is 64.7 Å². The van der Waals surface area contributed by atoms with E-state index in [4.69, 9.17) is 4.98 Å². The quantitative estimate of drug-likeness (QED) is 0.164. The Bertz CT molecular complexity index is 1950. The summed E-state index contributed by atoms with van der Waals surface area (Å²) in [5.74, 6) is 0. The van der Waals surface area contributed by atoms with Crippen molar-refractivity contribution < 1.29 is 20.1 Å². The van der Waals surface area contributed by atoms with Gasteiger partial charge in [-0.1, -0.05) is 115 Å². The van der Waals surface area contributed by atoms with Crippen LogP contribution in [0.1, 0.15) is 76.3 Å². The molecule has 3 heteroatoms. The second-order valence-corrected chi connectivity index (χ2v) is 13.8. The minimum Gasteiger partial charge on any atom is -0.305 e. The van der Waals surface area contributed by atoms with Crippen LogP contribution in [0.25, 0.3) is 33.4 Å². The van der Waals surface area contributed by atoms with E-state index in [-0.39, 0.29) is 36.4 Å². The average molecular weight is 765 g/mol. The number of hydrogen-bond acceptors (Lipinski definition) is 2. The van der Waals surface area contributed by atoms with E-state index in [0.29, 0.717) is 0 Å². The molecule has 1 aliphatic carbocycles. The maximum atomic E-state index is 4.99. The fourth-order valence-electron chi connectivity index (χ4n) is 6.53. The largest absolute Gasteiger partial charge is 0.305 e. The molecule has 0 bridgehead atoms. The molecule has 7 rings (SSSR count). The first-order valence-electron chi connectivity index (χ1n) is 15.4. The molecule has 0 atom stereocenters. The number of pyridine rings is 2. The summed E-state index contributed by atoms with van der Waals surface area (Å²) < 4.78 is 0. The van der Waals surface area contributed by atoms with Crippen LogP contribution in [0.15, 0.2) is 115 Å². The minimum absolute atomic E-state index is 0. The van der Waals surface area contributed by atoms with Crippen LogP contribution in [0.3, 0.4) is 0 Å². The molecule has 0 fully saturated rings. The molecule has 2 nitrogen and oxygen atoms in total. The first kappa shape index (κ1) is 32.5. The van der Waals surface area contributed by atoms with Crippen molar-refractivity contribution in [2.24, 2.45) is 0 Å². The van der Waals surface area contributed by atoms with E-state index in [1.807, 2.05) is 36.5 Å². The topological polar surface area (TPSA) is 25.8 Å². The van der Waals surface area contributed by atoms with Crippen molar-refractivity contribution in [3.8, 4) is 22.5 Å². The zero-order valence-corrected chi connectivity index (χ0v) is 29.6. The molecule has 0 spiro atoms. The Morgan fingerprint density at radius 3 is 2.00 bits per heavy atom. The van der Waals surface area contributed by atoms with Crippen molar-refractivity contribution >= 4 is 10.9 Å². The monoisotopic (exact) mass is 765 g/mol.